The van der Waals surface area contributed by atoms with Crippen LogP contribution in [-0.2, 0) is 4.79 Å². The van der Waals surface area contributed by atoms with Crippen LogP contribution in [0, 0.1) is 18.8 Å². The van der Waals surface area contributed by atoms with Gasteiger partial charge in [0.05, 0.1) is 22.3 Å². The van der Waals surface area contributed by atoms with E-state index in [1.807, 2.05) is 54.3 Å². The van der Waals surface area contributed by atoms with Crippen molar-refractivity contribution in [3.05, 3.63) is 64.4 Å². The zero-order valence-corrected chi connectivity index (χ0v) is 18.5. The summed E-state index contributed by atoms with van der Waals surface area (Å²) >= 11 is 1.34. The Bertz CT molecular complexity index is 1110. The Kier molecular flexibility index (Phi) is 5.95. The van der Waals surface area contributed by atoms with E-state index in [9.17, 15) is 9.59 Å². The number of benzene rings is 2. The first-order valence-corrected chi connectivity index (χ1v) is 11.4. The number of aromatic nitrogens is 2. The first-order valence-electron chi connectivity index (χ1n) is 10.4. The van der Waals surface area contributed by atoms with E-state index in [1.165, 1.54) is 11.8 Å². The van der Waals surface area contributed by atoms with Crippen LogP contribution in [0.5, 0.6) is 0 Å². The van der Waals surface area contributed by atoms with Gasteiger partial charge in [0.1, 0.15) is 0 Å². The molecule has 30 heavy (non-hydrogen) atoms. The minimum Gasteiger partial charge on any atom is -0.341 e. The van der Waals surface area contributed by atoms with Gasteiger partial charge in [-0.05, 0) is 49.4 Å². The van der Waals surface area contributed by atoms with Gasteiger partial charge in [-0.15, -0.1) is 0 Å². The molecule has 2 atom stereocenters. The molecule has 2 aromatic carbocycles. The third-order valence-electron chi connectivity index (χ3n) is 5.58. The Morgan fingerprint density at radius 3 is 2.43 bits per heavy atom. The number of rotatable bonds is 4. The number of amides is 1. The minimum atomic E-state index is -0.111. The standard InChI is InChI=1S/C24H27N3O2S/c1-16-8-10-19(11-9-16)27-23(29)20-6-4-5-7-21(20)25-24(27)30-15-22(28)26-13-17(2)12-18(3)14-26/h4-11,17-18H,12-15H2,1-3H3/t17-,18-/m1/s1. The van der Waals surface area contributed by atoms with Gasteiger partial charge in [0.15, 0.2) is 5.16 Å². The number of hydrogen-bond acceptors (Lipinski definition) is 4. The molecule has 1 saturated heterocycles. The maximum absolute atomic E-state index is 13.3. The van der Waals surface area contributed by atoms with Crippen LogP contribution in [0.4, 0.5) is 0 Å². The fraction of sp³-hybridized carbons (Fsp3) is 0.375. The highest BCUT2D eigenvalue weighted by Crippen LogP contribution is 2.25. The molecule has 0 bridgehead atoms. The fourth-order valence-corrected chi connectivity index (χ4v) is 5.13. The second-order valence-electron chi connectivity index (χ2n) is 8.42. The molecule has 6 heteroatoms. The molecule has 4 rings (SSSR count). The second kappa shape index (κ2) is 8.64. The van der Waals surface area contributed by atoms with Crippen molar-refractivity contribution in [2.45, 2.75) is 32.3 Å². The molecule has 1 aliphatic heterocycles. The number of likely N-dealkylation sites (tertiary alicyclic amines) is 1. The summed E-state index contributed by atoms with van der Waals surface area (Å²) in [6.07, 6.45) is 1.16. The quantitative estimate of drug-likeness (QED) is 0.466. The summed E-state index contributed by atoms with van der Waals surface area (Å²) in [4.78, 5) is 32.9. The third-order valence-corrected chi connectivity index (χ3v) is 6.51. The fourth-order valence-electron chi connectivity index (χ4n) is 4.21. The number of thioether (sulfide) groups is 1. The van der Waals surface area contributed by atoms with E-state index in [0.29, 0.717) is 27.9 Å². The monoisotopic (exact) mass is 421 g/mol. The Hall–Kier alpha value is -2.60. The lowest BCUT2D eigenvalue weighted by atomic mass is 9.92. The van der Waals surface area contributed by atoms with E-state index in [2.05, 4.69) is 13.8 Å². The van der Waals surface area contributed by atoms with Gasteiger partial charge in [-0.2, -0.15) is 0 Å². The summed E-state index contributed by atoms with van der Waals surface area (Å²) < 4.78 is 1.63. The van der Waals surface area contributed by atoms with Crippen LogP contribution in [0.2, 0.25) is 0 Å². The van der Waals surface area contributed by atoms with Crippen LogP contribution in [0.3, 0.4) is 0 Å². The average Bonchev–Trinajstić information content (AvgIpc) is 2.72. The van der Waals surface area contributed by atoms with Crippen molar-refractivity contribution in [3.8, 4) is 5.69 Å². The van der Waals surface area contributed by atoms with Crippen molar-refractivity contribution >= 4 is 28.6 Å². The van der Waals surface area contributed by atoms with E-state index in [1.54, 1.807) is 10.6 Å². The maximum atomic E-state index is 13.3. The van der Waals surface area contributed by atoms with Crippen LogP contribution in [0.1, 0.15) is 25.8 Å². The highest BCUT2D eigenvalue weighted by molar-refractivity contribution is 7.99. The van der Waals surface area contributed by atoms with Crippen LogP contribution in [0.15, 0.2) is 58.5 Å². The molecule has 5 nitrogen and oxygen atoms in total. The summed E-state index contributed by atoms with van der Waals surface area (Å²) in [5, 5.41) is 1.13. The largest absolute Gasteiger partial charge is 0.341 e. The van der Waals surface area contributed by atoms with E-state index >= 15 is 0 Å². The molecule has 3 aromatic rings. The predicted octanol–water partition coefficient (Wildman–Crippen LogP) is 4.29. The summed E-state index contributed by atoms with van der Waals surface area (Å²) in [6, 6.07) is 15.2. The maximum Gasteiger partial charge on any atom is 0.266 e. The molecule has 2 heterocycles. The number of carbonyl (C=O) groups excluding carboxylic acids is 1. The van der Waals surface area contributed by atoms with Gasteiger partial charge in [0.2, 0.25) is 5.91 Å². The van der Waals surface area contributed by atoms with Crippen molar-refractivity contribution in [3.63, 3.8) is 0 Å². The molecule has 0 N–H and O–H groups in total. The molecular formula is C24H27N3O2S. The molecule has 1 fully saturated rings. The molecule has 0 saturated carbocycles. The van der Waals surface area contributed by atoms with Gasteiger partial charge in [-0.25, -0.2) is 4.98 Å². The molecule has 0 radical (unpaired) electrons. The Morgan fingerprint density at radius 2 is 1.73 bits per heavy atom. The van der Waals surface area contributed by atoms with E-state index in [4.69, 9.17) is 4.98 Å². The summed E-state index contributed by atoms with van der Waals surface area (Å²) in [7, 11) is 0. The first-order chi connectivity index (χ1) is 14.4. The zero-order chi connectivity index (χ0) is 21.3. The lowest BCUT2D eigenvalue weighted by molar-refractivity contribution is -0.130. The number of piperidine rings is 1. The van der Waals surface area contributed by atoms with Gasteiger partial charge in [0, 0.05) is 13.1 Å². The van der Waals surface area contributed by atoms with Crippen LogP contribution in [0.25, 0.3) is 16.6 Å². The number of fused-ring (bicyclic) bond motifs is 1. The first kappa shape index (κ1) is 20.7. The summed E-state index contributed by atoms with van der Waals surface area (Å²) in [5.74, 6) is 1.42. The van der Waals surface area contributed by atoms with Crippen molar-refractivity contribution in [2.24, 2.45) is 11.8 Å². The van der Waals surface area contributed by atoms with Gasteiger partial charge < -0.3 is 4.90 Å². The highest BCUT2D eigenvalue weighted by atomic mass is 32.2. The van der Waals surface area contributed by atoms with E-state index in [-0.39, 0.29) is 17.2 Å². The van der Waals surface area contributed by atoms with Crippen molar-refractivity contribution < 1.29 is 4.79 Å². The number of aryl methyl sites for hydroxylation is 1. The number of hydrogen-bond donors (Lipinski definition) is 0. The highest BCUT2D eigenvalue weighted by Gasteiger charge is 2.26. The van der Waals surface area contributed by atoms with Crippen molar-refractivity contribution in [2.75, 3.05) is 18.8 Å². The molecule has 0 aliphatic carbocycles. The lowest BCUT2D eigenvalue weighted by Gasteiger charge is -2.35. The molecule has 156 valence electrons. The smallest absolute Gasteiger partial charge is 0.266 e. The van der Waals surface area contributed by atoms with Gasteiger partial charge >= 0.3 is 0 Å². The molecule has 0 spiro atoms. The number of para-hydroxylation sites is 1. The van der Waals surface area contributed by atoms with Crippen molar-refractivity contribution in [1.29, 1.82) is 0 Å². The van der Waals surface area contributed by atoms with E-state index in [0.717, 1.165) is 30.8 Å². The number of carbonyl (C=O) groups is 1. The summed E-state index contributed by atoms with van der Waals surface area (Å²) in [5.41, 5.74) is 2.43. The van der Waals surface area contributed by atoms with Crippen LogP contribution >= 0.6 is 11.8 Å². The van der Waals surface area contributed by atoms with Gasteiger partial charge in [-0.1, -0.05) is 55.4 Å². The van der Waals surface area contributed by atoms with Crippen LogP contribution < -0.4 is 5.56 Å². The lowest BCUT2D eigenvalue weighted by Crippen LogP contribution is -2.43. The summed E-state index contributed by atoms with van der Waals surface area (Å²) in [6.45, 7) is 8.02. The Morgan fingerprint density at radius 1 is 1.07 bits per heavy atom. The molecule has 1 aliphatic rings. The molecular weight excluding hydrogens is 394 g/mol. The normalized spacial score (nSPS) is 19.2. The molecule has 1 amide bonds. The minimum absolute atomic E-state index is 0.108. The average molecular weight is 422 g/mol. The molecule has 0 unspecified atom stereocenters. The van der Waals surface area contributed by atoms with Crippen LogP contribution in [-0.4, -0.2) is 39.2 Å². The van der Waals surface area contributed by atoms with Gasteiger partial charge in [-0.3, -0.25) is 14.2 Å². The van der Waals surface area contributed by atoms with E-state index < -0.39 is 0 Å². The molecule has 1 aromatic heterocycles. The third kappa shape index (κ3) is 4.29. The van der Waals surface area contributed by atoms with Crippen molar-refractivity contribution in [1.82, 2.24) is 14.5 Å². The SMILES string of the molecule is Cc1ccc(-n2c(SCC(=O)N3C[C@H](C)C[C@@H](C)C3)nc3ccccc3c2=O)cc1. The number of nitrogens with zero attached hydrogens (tertiary/aromatic N) is 3. The Labute approximate surface area is 181 Å². The Balaban J connectivity index is 1.67. The zero-order valence-electron chi connectivity index (χ0n) is 17.7. The topological polar surface area (TPSA) is 55.2 Å². The predicted molar refractivity (Wildman–Crippen MR) is 122 cm³/mol. The second-order valence-corrected chi connectivity index (χ2v) is 9.36. The van der Waals surface area contributed by atoms with Gasteiger partial charge in [0.25, 0.3) is 5.56 Å².